The number of benzene rings is 2. The second-order valence-corrected chi connectivity index (χ2v) is 11.8. The van der Waals surface area contributed by atoms with Gasteiger partial charge in [-0.3, -0.25) is 4.90 Å². The van der Waals surface area contributed by atoms with Gasteiger partial charge in [-0.15, -0.1) is 0 Å². The van der Waals surface area contributed by atoms with E-state index in [0.717, 1.165) is 30.0 Å². The smallest absolute Gasteiger partial charge is 0.115 e. The standard InChI is InChI=1S/C20H25N3S.C11H15N/c1-20(2,3)19-21-17-14-15(12-13-18(17)22(19)4)23(5)24-16-10-8-6-7-9-11-16;1-2-6-11(7-3-1)10-12-8-4-5-9-12/h6,8-14H,7H2,1-5H3;1-3,6-7H,4-5,8-10H2. The van der Waals surface area contributed by atoms with Crippen molar-refractivity contribution in [2.24, 2.45) is 7.05 Å². The molecule has 0 atom stereocenters. The summed E-state index contributed by atoms with van der Waals surface area (Å²) in [5.74, 6) is 1.12. The van der Waals surface area contributed by atoms with E-state index in [2.05, 4.69) is 128 Å². The predicted molar refractivity (Wildman–Crippen MR) is 157 cm³/mol. The van der Waals surface area contributed by atoms with Crippen molar-refractivity contribution in [2.45, 2.75) is 52.0 Å². The zero-order valence-corrected chi connectivity index (χ0v) is 23.3. The molecule has 1 aliphatic heterocycles. The van der Waals surface area contributed by atoms with Gasteiger partial charge in [0.25, 0.3) is 0 Å². The maximum absolute atomic E-state index is 4.88. The average molecular weight is 501 g/mol. The molecular formula is C31H40N4S. The summed E-state index contributed by atoms with van der Waals surface area (Å²) in [6.07, 6.45) is 14.6. The van der Waals surface area contributed by atoms with Gasteiger partial charge in [0.05, 0.1) is 11.0 Å². The summed E-state index contributed by atoms with van der Waals surface area (Å²) in [5.41, 5.74) is 4.88. The summed E-state index contributed by atoms with van der Waals surface area (Å²) in [6, 6.07) is 17.2. The molecule has 1 aromatic heterocycles. The molecule has 0 saturated carbocycles. The molecule has 5 rings (SSSR count). The van der Waals surface area contributed by atoms with Crippen LogP contribution in [0.25, 0.3) is 11.0 Å². The quantitative estimate of drug-likeness (QED) is 0.336. The molecule has 1 aliphatic carbocycles. The second kappa shape index (κ2) is 12.0. The lowest BCUT2D eigenvalue weighted by molar-refractivity contribution is 0.331. The van der Waals surface area contributed by atoms with E-state index in [1.54, 1.807) is 11.9 Å². The van der Waals surface area contributed by atoms with E-state index in [1.165, 1.54) is 41.9 Å². The second-order valence-electron chi connectivity index (χ2n) is 10.6. The molecule has 190 valence electrons. The summed E-state index contributed by atoms with van der Waals surface area (Å²) in [5, 5.41) is 0. The van der Waals surface area contributed by atoms with E-state index in [9.17, 15) is 0 Å². The van der Waals surface area contributed by atoms with Crippen molar-refractivity contribution < 1.29 is 0 Å². The van der Waals surface area contributed by atoms with Gasteiger partial charge < -0.3 is 8.87 Å². The number of hydrogen-bond acceptors (Lipinski definition) is 4. The fourth-order valence-corrected chi connectivity index (χ4v) is 5.50. The zero-order chi connectivity index (χ0) is 25.5. The monoisotopic (exact) mass is 500 g/mol. The summed E-state index contributed by atoms with van der Waals surface area (Å²) in [7, 11) is 4.20. The van der Waals surface area contributed by atoms with E-state index < -0.39 is 0 Å². The minimum atomic E-state index is 0.0386. The van der Waals surface area contributed by atoms with Crippen LogP contribution in [0, 0.1) is 0 Å². The summed E-state index contributed by atoms with van der Waals surface area (Å²) in [4.78, 5) is 8.64. The van der Waals surface area contributed by atoms with Crippen molar-refractivity contribution in [3.8, 4) is 0 Å². The molecule has 0 unspecified atom stereocenters. The fraction of sp³-hybridized carbons (Fsp3) is 0.387. The van der Waals surface area contributed by atoms with Crippen LogP contribution in [0.4, 0.5) is 5.69 Å². The van der Waals surface area contributed by atoms with Crippen LogP contribution in [-0.2, 0) is 19.0 Å². The van der Waals surface area contributed by atoms with E-state index >= 15 is 0 Å². The first-order chi connectivity index (χ1) is 17.3. The van der Waals surface area contributed by atoms with Gasteiger partial charge in [-0.25, -0.2) is 4.98 Å². The van der Waals surface area contributed by atoms with Gasteiger partial charge in [0.15, 0.2) is 0 Å². The topological polar surface area (TPSA) is 24.3 Å². The van der Waals surface area contributed by atoms with Crippen LogP contribution >= 0.6 is 11.9 Å². The molecule has 1 saturated heterocycles. The Bertz CT molecular complexity index is 1220. The zero-order valence-electron chi connectivity index (χ0n) is 22.4. The molecule has 2 heterocycles. The van der Waals surface area contributed by atoms with E-state index in [-0.39, 0.29) is 5.41 Å². The lowest BCUT2D eigenvalue weighted by atomic mass is 9.96. The van der Waals surface area contributed by atoms with Crippen LogP contribution in [-0.4, -0.2) is 34.6 Å². The number of anilines is 1. The largest absolute Gasteiger partial charge is 0.331 e. The van der Waals surface area contributed by atoms with Crippen LogP contribution in [0.3, 0.4) is 0 Å². The third kappa shape index (κ3) is 6.92. The third-order valence-electron chi connectivity index (χ3n) is 6.54. The first-order valence-electron chi connectivity index (χ1n) is 13.0. The molecule has 0 spiro atoms. The van der Waals surface area contributed by atoms with Gasteiger partial charge in [-0.05, 0) is 74.1 Å². The Hall–Kier alpha value is -2.76. The molecule has 0 bridgehead atoms. The third-order valence-corrected chi connectivity index (χ3v) is 7.51. The minimum absolute atomic E-state index is 0.0386. The van der Waals surface area contributed by atoms with Gasteiger partial charge in [-0.2, -0.15) is 0 Å². The van der Waals surface area contributed by atoms with Crippen molar-refractivity contribution in [3.05, 3.63) is 95.2 Å². The molecule has 0 amide bonds. The maximum atomic E-state index is 4.88. The number of aryl methyl sites for hydroxylation is 1. The molecular weight excluding hydrogens is 460 g/mol. The van der Waals surface area contributed by atoms with Crippen molar-refractivity contribution in [2.75, 3.05) is 24.4 Å². The van der Waals surface area contributed by atoms with E-state index in [1.807, 2.05) is 0 Å². The highest BCUT2D eigenvalue weighted by Crippen LogP contribution is 2.32. The Labute approximate surface area is 221 Å². The average Bonchev–Trinajstić information content (AvgIpc) is 3.40. The van der Waals surface area contributed by atoms with Crippen LogP contribution in [0.5, 0.6) is 0 Å². The number of fused-ring (bicyclic) bond motifs is 1. The first kappa shape index (κ1) is 26.3. The molecule has 2 aliphatic rings. The van der Waals surface area contributed by atoms with Crippen LogP contribution in [0.15, 0.2) is 83.8 Å². The molecule has 36 heavy (non-hydrogen) atoms. The first-order valence-corrected chi connectivity index (χ1v) is 13.8. The van der Waals surface area contributed by atoms with Crippen molar-refractivity contribution in [1.82, 2.24) is 14.5 Å². The molecule has 0 N–H and O–H groups in total. The molecule has 1 fully saturated rings. The minimum Gasteiger partial charge on any atom is -0.331 e. The fourth-order valence-electron chi connectivity index (χ4n) is 4.67. The van der Waals surface area contributed by atoms with Crippen molar-refractivity contribution in [3.63, 3.8) is 0 Å². The Morgan fingerprint density at radius 1 is 1.00 bits per heavy atom. The number of allylic oxidation sites excluding steroid dienone is 5. The van der Waals surface area contributed by atoms with Crippen molar-refractivity contribution >= 4 is 28.7 Å². The number of imidazole rings is 1. The molecule has 4 nitrogen and oxygen atoms in total. The van der Waals surface area contributed by atoms with E-state index in [0.29, 0.717) is 0 Å². The van der Waals surface area contributed by atoms with Crippen LogP contribution in [0.1, 0.15) is 51.4 Å². The summed E-state index contributed by atoms with van der Waals surface area (Å²) in [6.45, 7) is 10.3. The molecule has 3 aromatic rings. The highest BCUT2D eigenvalue weighted by molar-refractivity contribution is 8.04. The van der Waals surface area contributed by atoms with Gasteiger partial charge >= 0.3 is 0 Å². The van der Waals surface area contributed by atoms with Crippen LogP contribution in [0.2, 0.25) is 0 Å². The van der Waals surface area contributed by atoms with Crippen molar-refractivity contribution in [1.29, 1.82) is 0 Å². The number of aromatic nitrogens is 2. The number of hydrogen-bond donors (Lipinski definition) is 0. The summed E-state index contributed by atoms with van der Waals surface area (Å²) < 4.78 is 4.40. The lowest BCUT2D eigenvalue weighted by Gasteiger charge is -2.18. The molecule has 0 radical (unpaired) electrons. The predicted octanol–water partition coefficient (Wildman–Crippen LogP) is 7.64. The lowest BCUT2D eigenvalue weighted by Crippen LogP contribution is -2.18. The number of likely N-dealkylation sites (tertiary alicyclic amines) is 1. The summed E-state index contributed by atoms with van der Waals surface area (Å²) >= 11 is 1.73. The normalized spacial score (nSPS) is 16.0. The number of nitrogens with zero attached hydrogens (tertiary/aromatic N) is 4. The number of rotatable bonds is 5. The van der Waals surface area contributed by atoms with Gasteiger partial charge in [-0.1, -0.05) is 75.4 Å². The molecule has 2 aromatic carbocycles. The maximum Gasteiger partial charge on any atom is 0.115 e. The van der Waals surface area contributed by atoms with Gasteiger partial charge in [0, 0.05) is 36.6 Å². The van der Waals surface area contributed by atoms with E-state index in [4.69, 9.17) is 4.98 Å². The highest BCUT2D eigenvalue weighted by Gasteiger charge is 2.21. The van der Waals surface area contributed by atoms with Crippen LogP contribution < -0.4 is 4.31 Å². The Morgan fingerprint density at radius 2 is 1.75 bits per heavy atom. The Kier molecular flexibility index (Phi) is 8.76. The highest BCUT2D eigenvalue weighted by atomic mass is 32.2. The Balaban J connectivity index is 0.000000211. The SMILES string of the molecule is CN(SC1=CC=CCC=C1)c1ccc2c(c1)nc(C(C)(C)C)n2C.c1ccc(CN2CCCC2)cc1. The molecule has 5 heteroatoms. The Morgan fingerprint density at radius 3 is 2.47 bits per heavy atom. The van der Waals surface area contributed by atoms with Gasteiger partial charge in [0.2, 0.25) is 0 Å². The van der Waals surface area contributed by atoms with Gasteiger partial charge in [0.1, 0.15) is 5.82 Å².